The minimum atomic E-state index is -3.99. The molecular formula is C15H15Br2NO6S. The molecule has 0 radical (unpaired) electrons. The van der Waals surface area contributed by atoms with Gasteiger partial charge in [-0.25, -0.2) is 13.2 Å². The predicted molar refractivity (Wildman–Crippen MR) is 97.8 cm³/mol. The van der Waals surface area contributed by atoms with Gasteiger partial charge in [-0.2, -0.15) is 0 Å². The molecule has 3 rings (SSSR count). The molecule has 1 aliphatic carbocycles. The van der Waals surface area contributed by atoms with Gasteiger partial charge in [0, 0.05) is 15.4 Å². The zero-order chi connectivity index (χ0) is 18.2. The molecule has 2 aliphatic rings. The Labute approximate surface area is 161 Å². The van der Waals surface area contributed by atoms with Crippen LogP contribution < -0.4 is 4.72 Å². The Balaban J connectivity index is 1.95. The summed E-state index contributed by atoms with van der Waals surface area (Å²) in [5.74, 6) is -2.44. The van der Waals surface area contributed by atoms with Crippen molar-refractivity contribution in [3.05, 3.63) is 38.8 Å². The van der Waals surface area contributed by atoms with Crippen LogP contribution in [0.1, 0.15) is 12.8 Å². The quantitative estimate of drug-likeness (QED) is 0.664. The summed E-state index contributed by atoms with van der Waals surface area (Å²) in [7, 11) is -3.99. The van der Waals surface area contributed by atoms with Gasteiger partial charge in [-0.05, 0) is 56.5 Å². The average Bonchev–Trinajstić information content (AvgIpc) is 2.98. The zero-order valence-electron chi connectivity index (χ0n) is 12.9. The molecule has 0 bridgehead atoms. The van der Waals surface area contributed by atoms with Gasteiger partial charge in [0.2, 0.25) is 10.0 Å². The summed E-state index contributed by atoms with van der Waals surface area (Å²) in [4.78, 5) is 11.6. The number of anilines is 1. The van der Waals surface area contributed by atoms with Crippen molar-refractivity contribution in [3.8, 4) is 0 Å². The number of halogens is 2. The van der Waals surface area contributed by atoms with Crippen LogP contribution in [0.2, 0.25) is 0 Å². The van der Waals surface area contributed by atoms with E-state index < -0.39 is 27.0 Å². The first-order valence-corrected chi connectivity index (χ1v) is 10.6. The molecule has 1 saturated heterocycles. The molecule has 1 aromatic rings. The number of nitrogens with one attached hydrogen (secondary N) is 1. The molecule has 1 atom stereocenters. The van der Waals surface area contributed by atoms with Crippen LogP contribution in [0.3, 0.4) is 0 Å². The standard InChI is InChI=1S/C15H15Br2NO6S/c16-10-2-1-3-11(17)13(10)18-25(21,22)12-4-5-15(23-6-7-24-15)8-9(12)14(19)20/h1-3,8,12,18H,4-7H2,(H,19,20). The summed E-state index contributed by atoms with van der Waals surface area (Å²) < 4.78 is 40.2. The molecule has 2 N–H and O–H groups in total. The first-order chi connectivity index (χ1) is 11.7. The number of rotatable bonds is 4. The van der Waals surface area contributed by atoms with Crippen LogP contribution in [0, 0.1) is 0 Å². The first kappa shape index (κ1) is 18.8. The van der Waals surface area contributed by atoms with E-state index in [9.17, 15) is 18.3 Å². The molecule has 1 spiro atoms. The van der Waals surface area contributed by atoms with Crippen LogP contribution in [-0.4, -0.2) is 43.7 Å². The number of para-hydroxylation sites is 1. The molecule has 7 nitrogen and oxygen atoms in total. The number of carboxylic acids is 1. The van der Waals surface area contributed by atoms with Crippen molar-refractivity contribution in [2.75, 3.05) is 17.9 Å². The lowest BCUT2D eigenvalue weighted by molar-refractivity contribution is -0.138. The van der Waals surface area contributed by atoms with Crippen LogP contribution >= 0.6 is 31.9 Å². The maximum absolute atomic E-state index is 12.8. The van der Waals surface area contributed by atoms with Gasteiger partial charge >= 0.3 is 5.97 Å². The highest BCUT2D eigenvalue weighted by Gasteiger charge is 2.45. The highest BCUT2D eigenvalue weighted by Crippen LogP contribution is 2.38. The molecule has 1 fully saturated rings. The maximum Gasteiger partial charge on any atom is 0.332 e. The van der Waals surface area contributed by atoms with E-state index in [0.717, 1.165) is 0 Å². The lowest BCUT2D eigenvalue weighted by Gasteiger charge is -2.32. The second-order valence-corrected chi connectivity index (χ2v) is 9.26. The van der Waals surface area contributed by atoms with Crippen molar-refractivity contribution in [3.63, 3.8) is 0 Å². The fourth-order valence-electron chi connectivity index (χ4n) is 2.92. The van der Waals surface area contributed by atoms with Gasteiger partial charge in [-0.15, -0.1) is 0 Å². The van der Waals surface area contributed by atoms with E-state index in [1.807, 2.05) is 0 Å². The smallest absolute Gasteiger partial charge is 0.332 e. The third-order valence-electron chi connectivity index (χ3n) is 4.08. The van der Waals surface area contributed by atoms with E-state index in [1.54, 1.807) is 18.2 Å². The number of sulfonamides is 1. The second-order valence-electron chi connectivity index (χ2n) is 5.68. The number of hydrogen-bond donors (Lipinski definition) is 2. The third kappa shape index (κ3) is 3.77. The highest BCUT2D eigenvalue weighted by atomic mass is 79.9. The summed E-state index contributed by atoms with van der Waals surface area (Å²) in [5.41, 5.74) is 0.0738. The summed E-state index contributed by atoms with van der Waals surface area (Å²) in [6.07, 6.45) is 1.63. The van der Waals surface area contributed by atoms with E-state index in [1.165, 1.54) is 6.08 Å². The topological polar surface area (TPSA) is 102 Å². The number of hydrogen-bond acceptors (Lipinski definition) is 5. The Morgan fingerprint density at radius 2 is 1.84 bits per heavy atom. The molecule has 1 heterocycles. The van der Waals surface area contributed by atoms with Crippen molar-refractivity contribution < 1.29 is 27.8 Å². The molecule has 0 amide bonds. The number of ether oxygens (including phenoxy) is 2. The van der Waals surface area contributed by atoms with Gasteiger partial charge in [-0.1, -0.05) is 6.07 Å². The fraction of sp³-hybridized carbons (Fsp3) is 0.400. The van der Waals surface area contributed by atoms with Crippen molar-refractivity contribution in [2.45, 2.75) is 23.9 Å². The van der Waals surface area contributed by atoms with E-state index in [2.05, 4.69) is 36.6 Å². The van der Waals surface area contributed by atoms with Crippen molar-refractivity contribution >= 4 is 53.5 Å². The largest absolute Gasteiger partial charge is 0.478 e. The Morgan fingerprint density at radius 1 is 1.24 bits per heavy atom. The summed E-state index contributed by atoms with van der Waals surface area (Å²) >= 11 is 6.58. The molecule has 25 heavy (non-hydrogen) atoms. The number of carboxylic acid groups (broad SMARTS) is 1. The van der Waals surface area contributed by atoms with Crippen LogP contribution in [0.5, 0.6) is 0 Å². The average molecular weight is 497 g/mol. The summed E-state index contributed by atoms with van der Waals surface area (Å²) in [6.45, 7) is 0.700. The monoisotopic (exact) mass is 495 g/mol. The minimum Gasteiger partial charge on any atom is -0.478 e. The Hall–Kier alpha value is -0.940. The van der Waals surface area contributed by atoms with Crippen LogP contribution in [0.4, 0.5) is 5.69 Å². The Kier molecular flexibility index (Phi) is 5.27. The van der Waals surface area contributed by atoms with Gasteiger partial charge < -0.3 is 14.6 Å². The maximum atomic E-state index is 12.8. The van der Waals surface area contributed by atoms with Gasteiger partial charge in [0.25, 0.3) is 0 Å². The molecular weight excluding hydrogens is 482 g/mol. The normalized spacial score (nSPS) is 22.6. The third-order valence-corrected chi connectivity index (χ3v) is 7.13. The number of aliphatic carboxylic acids is 1. The van der Waals surface area contributed by atoms with Crippen LogP contribution in [-0.2, 0) is 24.3 Å². The lowest BCUT2D eigenvalue weighted by atomic mass is 9.94. The van der Waals surface area contributed by atoms with Crippen LogP contribution in [0.15, 0.2) is 38.8 Å². The summed E-state index contributed by atoms with van der Waals surface area (Å²) in [6, 6.07) is 5.12. The van der Waals surface area contributed by atoms with E-state index in [4.69, 9.17) is 9.47 Å². The molecule has 136 valence electrons. The SMILES string of the molecule is O=C(O)C1=CC2(CCC1S(=O)(=O)Nc1c(Br)cccc1Br)OCCO2. The second kappa shape index (κ2) is 6.99. The lowest BCUT2D eigenvalue weighted by Crippen LogP contribution is -2.41. The van der Waals surface area contributed by atoms with E-state index in [-0.39, 0.29) is 18.4 Å². The highest BCUT2D eigenvalue weighted by molar-refractivity contribution is 9.11. The Bertz CT molecular complexity index is 812. The Morgan fingerprint density at radius 3 is 2.40 bits per heavy atom. The number of benzene rings is 1. The van der Waals surface area contributed by atoms with Gasteiger partial charge in [0.15, 0.2) is 5.79 Å². The predicted octanol–water partition coefficient (Wildman–Crippen LogP) is 2.87. The molecule has 0 saturated carbocycles. The zero-order valence-corrected chi connectivity index (χ0v) is 16.9. The molecule has 1 unspecified atom stereocenters. The van der Waals surface area contributed by atoms with Crippen molar-refractivity contribution in [2.24, 2.45) is 0 Å². The molecule has 10 heteroatoms. The van der Waals surface area contributed by atoms with Crippen molar-refractivity contribution in [1.82, 2.24) is 0 Å². The minimum absolute atomic E-state index is 0.0789. The van der Waals surface area contributed by atoms with E-state index in [0.29, 0.717) is 27.8 Å². The molecule has 1 aliphatic heterocycles. The van der Waals surface area contributed by atoms with Crippen molar-refractivity contribution in [1.29, 1.82) is 0 Å². The fourth-order valence-corrected chi connectivity index (χ4v) is 5.96. The van der Waals surface area contributed by atoms with Gasteiger partial charge in [0.05, 0.1) is 24.5 Å². The summed E-state index contributed by atoms with van der Waals surface area (Å²) in [5, 5.41) is 8.29. The molecule has 0 aromatic heterocycles. The number of carbonyl (C=O) groups is 1. The van der Waals surface area contributed by atoms with E-state index >= 15 is 0 Å². The van der Waals surface area contributed by atoms with Gasteiger partial charge in [0.1, 0.15) is 5.25 Å². The first-order valence-electron chi connectivity index (χ1n) is 7.44. The van der Waals surface area contributed by atoms with Gasteiger partial charge in [-0.3, -0.25) is 4.72 Å². The molecule has 1 aromatic carbocycles. The van der Waals surface area contributed by atoms with Crippen LogP contribution in [0.25, 0.3) is 0 Å².